The predicted octanol–water partition coefficient (Wildman–Crippen LogP) is 2.70. The average Bonchev–Trinajstić information content (AvgIpc) is 2.69. The van der Waals surface area contributed by atoms with Crippen LogP contribution in [-0.4, -0.2) is 27.5 Å². The van der Waals surface area contributed by atoms with Gasteiger partial charge in [-0.05, 0) is 25.1 Å². The fraction of sp³-hybridized carbons (Fsp3) is 0.231. The molecule has 0 atom stereocenters. The molecule has 1 N–H and O–H groups in total. The summed E-state index contributed by atoms with van der Waals surface area (Å²) in [7, 11) is 1.72. The highest BCUT2D eigenvalue weighted by Crippen LogP contribution is 2.33. The number of carbonyl (C=O) groups is 1. The molecule has 0 spiro atoms. The molecule has 0 aliphatic rings. The molecule has 106 valence electrons. The second kappa shape index (κ2) is 5.28. The van der Waals surface area contributed by atoms with Gasteiger partial charge in [0, 0.05) is 23.9 Å². The topological polar surface area (TPSA) is 64.3 Å². The quantitative estimate of drug-likeness (QED) is 0.936. The number of nitrogens with zero attached hydrogens (tertiary/aromatic N) is 2. The number of aryl methyl sites for hydroxylation is 1. The van der Waals surface area contributed by atoms with Crippen molar-refractivity contribution < 1.29 is 23.4 Å². The van der Waals surface area contributed by atoms with E-state index in [1.165, 1.54) is 18.3 Å². The predicted molar refractivity (Wildman–Crippen MR) is 67.0 cm³/mol. The summed E-state index contributed by atoms with van der Waals surface area (Å²) in [4.78, 5) is 10.9. The lowest BCUT2D eigenvalue weighted by Gasteiger charge is -2.11. The van der Waals surface area contributed by atoms with Crippen LogP contribution >= 0.6 is 0 Å². The van der Waals surface area contributed by atoms with Crippen LogP contribution in [0.4, 0.5) is 8.78 Å². The maximum atomic E-state index is 12.5. The maximum Gasteiger partial charge on any atom is 0.387 e. The van der Waals surface area contributed by atoms with Gasteiger partial charge in [-0.3, -0.25) is 4.68 Å². The second-order valence-electron chi connectivity index (χ2n) is 4.16. The molecule has 0 bridgehead atoms. The lowest BCUT2D eigenvalue weighted by molar-refractivity contribution is -0.0495. The molecule has 1 aromatic heterocycles. The molecule has 7 heteroatoms. The number of ether oxygens (including phenoxy) is 1. The van der Waals surface area contributed by atoms with Crippen LogP contribution in [0.1, 0.15) is 16.1 Å². The Balaban J connectivity index is 2.57. The number of carboxylic acid groups (broad SMARTS) is 1. The Kier molecular flexibility index (Phi) is 3.69. The second-order valence-corrected chi connectivity index (χ2v) is 4.16. The van der Waals surface area contributed by atoms with Crippen LogP contribution in [0.5, 0.6) is 5.75 Å². The summed E-state index contributed by atoms with van der Waals surface area (Å²) in [6.45, 7) is -1.26. The Morgan fingerprint density at radius 2 is 2.10 bits per heavy atom. The highest BCUT2D eigenvalue weighted by molar-refractivity contribution is 5.89. The number of hydrogen-bond donors (Lipinski definition) is 1. The van der Waals surface area contributed by atoms with E-state index in [-0.39, 0.29) is 11.3 Å². The number of alkyl halides is 2. The number of hydrogen-bond acceptors (Lipinski definition) is 3. The molecule has 2 rings (SSSR count). The van der Waals surface area contributed by atoms with Gasteiger partial charge in [-0.15, -0.1) is 0 Å². The molecule has 0 aliphatic heterocycles. The summed E-state index contributed by atoms with van der Waals surface area (Å²) in [6.07, 6.45) is 1.52. The van der Waals surface area contributed by atoms with E-state index < -0.39 is 12.6 Å². The van der Waals surface area contributed by atoms with Gasteiger partial charge in [0.1, 0.15) is 5.75 Å². The third kappa shape index (κ3) is 2.61. The number of carboxylic acids is 1. The van der Waals surface area contributed by atoms with Crippen molar-refractivity contribution in [3.8, 4) is 16.9 Å². The zero-order chi connectivity index (χ0) is 14.9. The largest absolute Gasteiger partial charge is 0.478 e. The van der Waals surface area contributed by atoms with Gasteiger partial charge in [-0.25, -0.2) is 4.79 Å². The molecule has 5 nitrogen and oxygen atoms in total. The Labute approximate surface area is 113 Å². The number of rotatable bonds is 4. The van der Waals surface area contributed by atoms with Crippen LogP contribution in [0.15, 0.2) is 24.4 Å². The first-order valence-electron chi connectivity index (χ1n) is 5.71. The van der Waals surface area contributed by atoms with Gasteiger partial charge in [-0.1, -0.05) is 0 Å². The SMILES string of the molecule is Cc1c(-c2ccc(C(=O)O)cc2OC(F)F)cnn1C. The summed E-state index contributed by atoms with van der Waals surface area (Å²) in [5, 5.41) is 12.9. The first-order valence-corrected chi connectivity index (χ1v) is 5.71. The lowest BCUT2D eigenvalue weighted by atomic mass is 10.0. The Bertz CT molecular complexity index is 653. The minimum absolute atomic E-state index is 0.119. The van der Waals surface area contributed by atoms with E-state index in [0.717, 1.165) is 11.8 Å². The van der Waals surface area contributed by atoms with Crippen LogP contribution in [0.25, 0.3) is 11.1 Å². The first kappa shape index (κ1) is 14.0. The lowest BCUT2D eigenvalue weighted by Crippen LogP contribution is -2.05. The van der Waals surface area contributed by atoms with Gasteiger partial charge >= 0.3 is 12.6 Å². The summed E-state index contributed by atoms with van der Waals surface area (Å²) >= 11 is 0. The number of halogens is 2. The van der Waals surface area contributed by atoms with E-state index >= 15 is 0 Å². The van der Waals surface area contributed by atoms with Crippen LogP contribution in [0.3, 0.4) is 0 Å². The summed E-state index contributed by atoms with van der Waals surface area (Å²) < 4.78 is 30.9. The fourth-order valence-corrected chi connectivity index (χ4v) is 1.83. The van der Waals surface area contributed by atoms with Crippen molar-refractivity contribution in [3.63, 3.8) is 0 Å². The molecule has 0 saturated heterocycles. The van der Waals surface area contributed by atoms with Crippen molar-refractivity contribution in [2.24, 2.45) is 7.05 Å². The monoisotopic (exact) mass is 282 g/mol. The Hall–Kier alpha value is -2.44. The third-order valence-corrected chi connectivity index (χ3v) is 2.97. The van der Waals surface area contributed by atoms with Crippen molar-refractivity contribution in [1.82, 2.24) is 9.78 Å². The summed E-state index contributed by atoms with van der Waals surface area (Å²) in [5.74, 6) is -1.39. The minimum Gasteiger partial charge on any atom is -0.478 e. The van der Waals surface area contributed by atoms with Gasteiger partial charge < -0.3 is 9.84 Å². The van der Waals surface area contributed by atoms with Gasteiger partial charge in [-0.2, -0.15) is 13.9 Å². The van der Waals surface area contributed by atoms with Crippen molar-refractivity contribution in [2.75, 3.05) is 0 Å². The molecule has 20 heavy (non-hydrogen) atoms. The molecule has 2 aromatic rings. The van der Waals surface area contributed by atoms with E-state index in [1.54, 1.807) is 18.7 Å². The zero-order valence-electron chi connectivity index (χ0n) is 10.8. The standard InChI is InChI=1S/C13H12F2N2O3/c1-7-10(6-16-17(7)2)9-4-3-8(12(18)19)5-11(9)20-13(14)15/h3-6,13H,1-2H3,(H,18,19). The molecule has 0 unspecified atom stereocenters. The minimum atomic E-state index is -3.03. The Morgan fingerprint density at radius 3 is 2.60 bits per heavy atom. The Morgan fingerprint density at radius 1 is 1.40 bits per heavy atom. The molecular formula is C13H12F2N2O3. The van der Waals surface area contributed by atoms with Crippen molar-refractivity contribution in [2.45, 2.75) is 13.5 Å². The van der Waals surface area contributed by atoms with Crippen molar-refractivity contribution in [1.29, 1.82) is 0 Å². The molecule has 1 aromatic carbocycles. The van der Waals surface area contributed by atoms with Gasteiger partial charge in [0.25, 0.3) is 0 Å². The van der Waals surface area contributed by atoms with Gasteiger partial charge in [0.2, 0.25) is 0 Å². The normalized spacial score (nSPS) is 10.8. The number of aromatic nitrogens is 2. The van der Waals surface area contributed by atoms with E-state index in [9.17, 15) is 13.6 Å². The van der Waals surface area contributed by atoms with Crippen LogP contribution in [-0.2, 0) is 7.05 Å². The molecule has 0 radical (unpaired) electrons. The maximum absolute atomic E-state index is 12.5. The highest BCUT2D eigenvalue weighted by atomic mass is 19.3. The zero-order valence-corrected chi connectivity index (χ0v) is 10.8. The first-order chi connectivity index (χ1) is 9.40. The van der Waals surface area contributed by atoms with E-state index in [0.29, 0.717) is 11.1 Å². The number of benzene rings is 1. The molecule has 0 aliphatic carbocycles. The molecular weight excluding hydrogens is 270 g/mol. The van der Waals surface area contributed by atoms with Gasteiger partial charge in [0.05, 0.1) is 11.8 Å². The van der Waals surface area contributed by atoms with Gasteiger partial charge in [0.15, 0.2) is 0 Å². The smallest absolute Gasteiger partial charge is 0.387 e. The van der Waals surface area contributed by atoms with Crippen LogP contribution < -0.4 is 4.74 Å². The average molecular weight is 282 g/mol. The van der Waals surface area contributed by atoms with Crippen LogP contribution in [0, 0.1) is 6.92 Å². The molecule has 0 amide bonds. The molecule has 0 fully saturated rings. The summed E-state index contributed by atoms with van der Waals surface area (Å²) in [6, 6.07) is 3.85. The van der Waals surface area contributed by atoms with Crippen molar-refractivity contribution >= 4 is 5.97 Å². The highest BCUT2D eigenvalue weighted by Gasteiger charge is 2.17. The molecule has 0 saturated carbocycles. The van der Waals surface area contributed by atoms with E-state index in [1.807, 2.05) is 0 Å². The fourth-order valence-electron chi connectivity index (χ4n) is 1.83. The van der Waals surface area contributed by atoms with E-state index in [2.05, 4.69) is 9.84 Å². The van der Waals surface area contributed by atoms with E-state index in [4.69, 9.17) is 5.11 Å². The molecule has 1 heterocycles. The van der Waals surface area contributed by atoms with Crippen molar-refractivity contribution in [3.05, 3.63) is 35.7 Å². The van der Waals surface area contributed by atoms with Crippen LogP contribution in [0.2, 0.25) is 0 Å². The third-order valence-electron chi connectivity index (χ3n) is 2.97. The summed E-state index contributed by atoms with van der Waals surface area (Å²) in [5.41, 5.74) is 1.62. The number of aromatic carboxylic acids is 1.